The van der Waals surface area contributed by atoms with Crippen LogP contribution in [-0.4, -0.2) is 9.97 Å². The normalized spacial score (nSPS) is 10.5. The molecule has 104 valence electrons. The molecule has 0 spiro atoms. The number of hydrogen-bond donors (Lipinski definition) is 1. The first-order valence-electron chi connectivity index (χ1n) is 6.64. The Morgan fingerprint density at radius 2 is 1.62 bits per heavy atom. The van der Waals surface area contributed by atoms with Gasteiger partial charge in [-0.2, -0.15) is 0 Å². The van der Waals surface area contributed by atoms with Gasteiger partial charge in [0.25, 0.3) is 0 Å². The second kappa shape index (κ2) is 5.71. The molecule has 0 radical (unpaired) electrons. The maximum absolute atomic E-state index is 13.7. The Bertz CT molecular complexity index is 757. The average Bonchev–Trinajstić information content (AvgIpc) is 2.50. The van der Waals surface area contributed by atoms with Crippen LogP contribution in [-0.2, 0) is 6.42 Å². The lowest BCUT2D eigenvalue weighted by molar-refractivity contribution is 0.612. The first-order chi connectivity index (χ1) is 10.2. The number of halogens is 1. The molecule has 0 bridgehead atoms. The lowest BCUT2D eigenvalue weighted by atomic mass is 10.1. The predicted octanol–water partition coefficient (Wildman–Crippen LogP) is 3.46. The highest BCUT2D eigenvalue weighted by Crippen LogP contribution is 2.19. The molecule has 0 amide bonds. The van der Waals surface area contributed by atoms with E-state index in [2.05, 4.69) is 9.97 Å². The lowest BCUT2D eigenvalue weighted by Crippen LogP contribution is -2.03. The van der Waals surface area contributed by atoms with Gasteiger partial charge < -0.3 is 5.73 Å². The van der Waals surface area contributed by atoms with Gasteiger partial charge in [0, 0.05) is 18.1 Å². The summed E-state index contributed by atoms with van der Waals surface area (Å²) in [6, 6.07) is 18.0. The summed E-state index contributed by atoms with van der Waals surface area (Å²) in [5, 5.41) is 0. The molecule has 0 saturated carbocycles. The molecule has 0 unspecified atom stereocenters. The number of rotatable bonds is 3. The molecule has 1 heterocycles. The van der Waals surface area contributed by atoms with Gasteiger partial charge in [-0.05, 0) is 11.6 Å². The van der Waals surface area contributed by atoms with E-state index in [1.165, 1.54) is 6.07 Å². The Morgan fingerprint density at radius 3 is 2.38 bits per heavy atom. The number of benzene rings is 2. The number of nitrogens with zero attached hydrogens (tertiary/aromatic N) is 2. The summed E-state index contributed by atoms with van der Waals surface area (Å²) in [6.07, 6.45) is 0.317. The van der Waals surface area contributed by atoms with Gasteiger partial charge in [-0.3, -0.25) is 0 Å². The van der Waals surface area contributed by atoms with Crippen LogP contribution in [0.5, 0.6) is 0 Å². The van der Waals surface area contributed by atoms with Crippen molar-refractivity contribution in [2.75, 3.05) is 5.73 Å². The smallest absolute Gasteiger partial charge is 0.135 e. The van der Waals surface area contributed by atoms with Crippen molar-refractivity contribution >= 4 is 5.82 Å². The third-order valence-corrected chi connectivity index (χ3v) is 3.17. The Hall–Kier alpha value is -2.75. The van der Waals surface area contributed by atoms with Gasteiger partial charge in [-0.25, -0.2) is 14.4 Å². The Balaban J connectivity index is 1.97. The summed E-state index contributed by atoms with van der Waals surface area (Å²) in [6.45, 7) is 0. The van der Waals surface area contributed by atoms with Crippen LogP contribution in [0, 0.1) is 5.82 Å². The summed E-state index contributed by atoms with van der Waals surface area (Å²) in [4.78, 5) is 8.68. The van der Waals surface area contributed by atoms with Crippen molar-refractivity contribution in [1.82, 2.24) is 9.97 Å². The minimum Gasteiger partial charge on any atom is -0.384 e. The van der Waals surface area contributed by atoms with E-state index in [4.69, 9.17) is 5.73 Å². The van der Waals surface area contributed by atoms with Gasteiger partial charge in [-0.15, -0.1) is 0 Å². The van der Waals surface area contributed by atoms with Crippen molar-refractivity contribution in [1.29, 1.82) is 0 Å². The summed E-state index contributed by atoms with van der Waals surface area (Å²) >= 11 is 0. The standard InChI is InChI=1S/C17H14FN3/c18-14-9-5-4-8-13(14)10-17-20-15(11-16(19)21-17)12-6-2-1-3-7-12/h1-9,11H,10H2,(H2,19,20,21). The van der Waals surface area contributed by atoms with E-state index in [1.807, 2.05) is 30.3 Å². The highest BCUT2D eigenvalue weighted by atomic mass is 19.1. The number of nitrogens with two attached hydrogens (primary N) is 1. The van der Waals surface area contributed by atoms with E-state index in [0.29, 0.717) is 23.6 Å². The largest absolute Gasteiger partial charge is 0.384 e. The maximum atomic E-state index is 13.7. The molecule has 0 fully saturated rings. The molecule has 0 saturated heterocycles. The molecule has 0 aliphatic heterocycles. The Kier molecular flexibility index (Phi) is 3.60. The molecule has 0 atom stereocenters. The Morgan fingerprint density at radius 1 is 0.905 bits per heavy atom. The maximum Gasteiger partial charge on any atom is 0.135 e. The molecule has 0 aliphatic rings. The molecular weight excluding hydrogens is 265 g/mol. The zero-order valence-electron chi connectivity index (χ0n) is 11.3. The van der Waals surface area contributed by atoms with E-state index in [-0.39, 0.29) is 5.82 Å². The molecule has 0 aliphatic carbocycles. The van der Waals surface area contributed by atoms with Gasteiger partial charge in [0.2, 0.25) is 0 Å². The van der Waals surface area contributed by atoms with E-state index in [0.717, 1.165) is 11.3 Å². The van der Waals surface area contributed by atoms with Crippen LogP contribution in [0.3, 0.4) is 0 Å². The zero-order valence-corrected chi connectivity index (χ0v) is 11.3. The minimum absolute atomic E-state index is 0.259. The quantitative estimate of drug-likeness (QED) is 0.798. The molecular formula is C17H14FN3. The molecule has 4 heteroatoms. The van der Waals surface area contributed by atoms with Crippen LogP contribution in [0.2, 0.25) is 0 Å². The molecule has 1 aromatic heterocycles. The molecule has 3 aromatic rings. The molecule has 3 nitrogen and oxygen atoms in total. The van der Waals surface area contributed by atoms with Crippen LogP contribution < -0.4 is 5.73 Å². The van der Waals surface area contributed by atoms with Gasteiger partial charge in [-0.1, -0.05) is 48.5 Å². The van der Waals surface area contributed by atoms with Crippen molar-refractivity contribution in [3.63, 3.8) is 0 Å². The highest BCUT2D eigenvalue weighted by Gasteiger charge is 2.08. The highest BCUT2D eigenvalue weighted by molar-refractivity contribution is 5.61. The molecule has 2 N–H and O–H groups in total. The number of aromatic nitrogens is 2. The van der Waals surface area contributed by atoms with Crippen molar-refractivity contribution in [2.24, 2.45) is 0 Å². The number of anilines is 1. The summed E-state index contributed by atoms with van der Waals surface area (Å²) < 4.78 is 13.7. The molecule has 3 rings (SSSR count). The van der Waals surface area contributed by atoms with Crippen LogP contribution >= 0.6 is 0 Å². The summed E-state index contributed by atoms with van der Waals surface area (Å²) in [7, 11) is 0. The summed E-state index contributed by atoms with van der Waals surface area (Å²) in [5.74, 6) is 0.638. The SMILES string of the molecule is Nc1cc(-c2ccccc2)nc(Cc2ccccc2F)n1. The van der Waals surface area contributed by atoms with Crippen LogP contribution in [0.25, 0.3) is 11.3 Å². The topological polar surface area (TPSA) is 51.8 Å². The molecule has 2 aromatic carbocycles. The number of hydrogen-bond acceptors (Lipinski definition) is 3. The van der Waals surface area contributed by atoms with E-state index >= 15 is 0 Å². The predicted molar refractivity (Wildman–Crippen MR) is 81.1 cm³/mol. The number of nitrogen functional groups attached to an aromatic ring is 1. The molecule has 21 heavy (non-hydrogen) atoms. The van der Waals surface area contributed by atoms with Crippen molar-refractivity contribution in [3.8, 4) is 11.3 Å². The monoisotopic (exact) mass is 279 g/mol. The van der Waals surface area contributed by atoms with Crippen LogP contribution in [0.15, 0.2) is 60.7 Å². The fourth-order valence-corrected chi connectivity index (χ4v) is 2.17. The van der Waals surface area contributed by atoms with Crippen molar-refractivity contribution < 1.29 is 4.39 Å². The second-order valence-electron chi connectivity index (χ2n) is 4.73. The summed E-state index contributed by atoms with van der Waals surface area (Å²) in [5.41, 5.74) is 8.11. The second-order valence-corrected chi connectivity index (χ2v) is 4.73. The van der Waals surface area contributed by atoms with E-state index < -0.39 is 0 Å². The van der Waals surface area contributed by atoms with Crippen LogP contribution in [0.1, 0.15) is 11.4 Å². The third-order valence-electron chi connectivity index (χ3n) is 3.17. The zero-order chi connectivity index (χ0) is 14.7. The van der Waals surface area contributed by atoms with Crippen LogP contribution in [0.4, 0.5) is 10.2 Å². The van der Waals surface area contributed by atoms with E-state index in [9.17, 15) is 4.39 Å². The minimum atomic E-state index is -0.259. The van der Waals surface area contributed by atoms with E-state index in [1.54, 1.807) is 24.3 Å². The van der Waals surface area contributed by atoms with Gasteiger partial charge >= 0.3 is 0 Å². The van der Waals surface area contributed by atoms with Gasteiger partial charge in [0.05, 0.1) is 5.69 Å². The third kappa shape index (κ3) is 3.05. The fraction of sp³-hybridized carbons (Fsp3) is 0.0588. The van der Waals surface area contributed by atoms with Gasteiger partial charge in [0.1, 0.15) is 17.5 Å². The first kappa shape index (κ1) is 13.2. The first-order valence-corrected chi connectivity index (χ1v) is 6.64. The van der Waals surface area contributed by atoms with Crippen molar-refractivity contribution in [2.45, 2.75) is 6.42 Å². The average molecular weight is 279 g/mol. The fourth-order valence-electron chi connectivity index (χ4n) is 2.17. The lowest BCUT2D eigenvalue weighted by Gasteiger charge is -2.07. The van der Waals surface area contributed by atoms with Gasteiger partial charge in [0.15, 0.2) is 0 Å². The van der Waals surface area contributed by atoms with Crippen molar-refractivity contribution in [3.05, 3.63) is 77.9 Å². The Labute approximate surface area is 122 Å².